The summed E-state index contributed by atoms with van der Waals surface area (Å²) in [5.74, 6) is -0.336. The van der Waals surface area contributed by atoms with Crippen LogP contribution in [0.3, 0.4) is 0 Å². The predicted molar refractivity (Wildman–Crippen MR) is 69.8 cm³/mol. The molecule has 0 bridgehead atoms. The lowest BCUT2D eigenvalue weighted by atomic mass is 9.77. The van der Waals surface area contributed by atoms with Crippen LogP contribution in [0.25, 0.3) is 0 Å². The highest BCUT2D eigenvalue weighted by atomic mass is 16.5. The normalized spacial score (nSPS) is 13.7. The van der Waals surface area contributed by atoms with Gasteiger partial charge in [-0.05, 0) is 19.8 Å². The Balaban J connectivity index is 4.63. The lowest BCUT2D eigenvalue weighted by Crippen LogP contribution is -2.34. The first-order valence-electron chi connectivity index (χ1n) is 6.82. The molecule has 1 atom stereocenters. The fourth-order valence-corrected chi connectivity index (χ4v) is 2.12. The summed E-state index contributed by atoms with van der Waals surface area (Å²) in [5.41, 5.74) is -0.812. The van der Waals surface area contributed by atoms with Crippen LogP contribution in [0.4, 0.5) is 0 Å². The third-order valence-corrected chi connectivity index (χ3v) is 3.23. The van der Waals surface area contributed by atoms with E-state index >= 15 is 0 Å². The summed E-state index contributed by atoms with van der Waals surface area (Å²) in [4.78, 5) is 12.0. The third kappa shape index (κ3) is 5.50. The molecule has 1 N–H and O–H groups in total. The third-order valence-electron chi connectivity index (χ3n) is 3.23. The number of esters is 1. The molecular formula is C14H25NO3. The summed E-state index contributed by atoms with van der Waals surface area (Å²) in [5, 5.41) is 18.0. The highest BCUT2D eigenvalue weighted by Gasteiger charge is 2.38. The monoisotopic (exact) mass is 255 g/mol. The number of carbonyl (C=O) groups excluding carboxylic acids is 1. The van der Waals surface area contributed by atoms with Crippen LogP contribution >= 0.6 is 0 Å². The average Bonchev–Trinajstić information content (AvgIpc) is 2.35. The fourth-order valence-electron chi connectivity index (χ4n) is 2.12. The highest BCUT2D eigenvalue weighted by Crippen LogP contribution is 2.34. The minimum atomic E-state index is -0.812. The van der Waals surface area contributed by atoms with Crippen molar-refractivity contribution >= 4 is 5.97 Å². The number of ether oxygens (including phenoxy) is 1. The van der Waals surface area contributed by atoms with Crippen molar-refractivity contribution in [1.82, 2.24) is 0 Å². The first-order chi connectivity index (χ1) is 8.66. The van der Waals surface area contributed by atoms with E-state index in [4.69, 9.17) is 15.1 Å². The molecule has 0 aliphatic rings. The molecule has 0 saturated heterocycles. The number of carbonyl (C=O) groups is 1. The molecule has 4 heteroatoms. The van der Waals surface area contributed by atoms with E-state index in [1.54, 1.807) is 6.92 Å². The molecule has 0 amide bonds. The lowest BCUT2D eigenvalue weighted by molar-refractivity contribution is -0.157. The number of hydrogen-bond acceptors (Lipinski definition) is 4. The van der Waals surface area contributed by atoms with E-state index in [9.17, 15) is 4.79 Å². The fraction of sp³-hybridized carbons (Fsp3) is 0.857. The van der Waals surface area contributed by atoms with Gasteiger partial charge >= 0.3 is 5.97 Å². The van der Waals surface area contributed by atoms with E-state index in [0.717, 1.165) is 25.7 Å². The van der Waals surface area contributed by atoms with Gasteiger partial charge in [-0.3, -0.25) is 4.79 Å². The molecule has 0 spiro atoms. The van der Waals surface area contributed by atoms with Crippen molar-refractivity contribution in [3.63, 3.8) is 0 Å². The smallest absolute Gasteiger partial charge is 0.313 e. The first-order valence-corrected chi connectivity index (χ1v) is 6.82. The summed E-state index contributed by atoms with van der Waals surface area (Å²) in [6.45, 7) is 4.10. The van der Waals surface area contributed by atoms with E-state index in [-0.39, 0.29) is 19.0 Å². The molecule has 104 valence electrons. The molecule has 0 heterocycles. The van der Waals surface area contributed by atoms with Crippen LogP contribution in [0, 0.1) is 16.7 Å². The van der Waals surface area contributed by atoms with Crippen molar-refractivity contribution in [2.75, 3.05) is 13.2 Å². The van der Waals surface area contributed by atoms with Crippen LogP contribution in [0.1, 0.15) is 58.8 Å². The van der Waals surface area contributed by atoms with Gasteiger partial charge in [-0.1, -0.05) is 32.6 Å². The molecule has 0 fully saturated rings. The number of rotatable bonds is 10. The van der Waals surface area contributed by atoms with Crippen LogP contribution in [0.5, 0.6) is 0 Å². The van der Waals surface area contributed by atoms with Gasteiger partial charge in [0.25, 0.3) is 0 Å². The topological polar surface area (TPSA) is 70.3 Å². The molecule has 0 aromatic carbocycles. The minimum absolute atomic E-state index is 0.0890. The number of nitrogens with zero attached hydrogens (tertiary/aromatic N) is 1. The standard InChI is InChI=1S/C14H25NO3/c1-3-5-6-7-8-14(9-11-15,10-12-16)13(17)18-4-2/h16H,3-10,12H2,1-2H3. The molecule has 0 radical (unpaired) electrons. The maximum Gasteiger partial charge on any atom is 0.313 e. The SMILES string of the molecule is CCCCCCC(CC#N)(CCO)C(=O)OCC. The molecule has 4 nitrogen and oxygen atoms in total. The van der Waals surface area contributed by atoms with Crippen molar-refractivity contribution in [3.8, 4) is 6.07 Å². The van der Waals surface area contributed by atoms with E-state index in [2.05, 4.69) is 13.0 Å². The minimum Gasteiger partial charge on any atom is -0.466 e. The van der Waals surface area contributed by atoms with E-state index in [0.29, 0.717) is 19.4 Å². The quantitative estimate of drug-likeness (QED) is 0.481. The van der Waals surface area contributed by atoms with Crippen molar-refractivity contribution in [2.24, 2.45) is 5.41 Å². The predicted octanol–water partition coefficient (Wildman–Crippen LogP) is 2.80. The highest BCUT2D eigenvalue weighted by molar-refractivity contribution is 5.77. The van der Waals surface area contributed by atoms with Gasteiger partial charge in [-0.2, -0.15) is 5.26 Å². The Labute approximate surface area is 110 Å². The Morgan fingerprint density at radius 1 is 1.28 bits per heavy atom. The Bertz CT molecular complexity index is 273. The summed E-state index contributed by atoms with van der Waals surface area (Å²) in [7, 11) is 0. The zero-order valence-corrected chi connectivity index (χ0v) is 11.6. The summed E-state index contributed by atoms with van der Waals surface area (Å²) < 4.78 is 5.07. The Morgan fingerprint density at radius 2 is 2.00 bits per heavy atom. The Morgan fingerprint density at radius 3 is 2.50 bits per heavy atom. The van der Waals surface area contributed by atoms with E-state index in [1.807, 2.05) is 0 Å². The van der Waals surface area contributed by atoms with Crippen molar-refractivity contribution in [1.29, 1.82) is 5.26 Å². The van der Waals surface area contributed by atoms with Crippen LogP contribution in [0.15, 0.2) is 0 Å². The number of nitriles is 1. The van der Waals surface area contributed by atoms with Crippen LogP contribution < -0.4 is 0 Å². The van der Waals surface area contributed by atoms with Gasteiger partial charge in [0.1, 0.15) is 0 Å². The molecule has 0 aliphatic carbocycles. The van der Waals surface area contributed by atoms with Crippen molar-refractivity contribution in [2.45, 2.75) is 58.8 Å². The second-order valence-corrected chi connectivity index (χ2v) is 4.62. The second kappa shape index (κ2) is 9.90. The Hall–Kier alpha value is -1.08. The molecule has 0 aromatic heterocycles. The molecular weight excluding hydrogens is 230 g/mol. The number of unbranched alkanes of at least 4 members (excludes halogenated alkanes) is 3. The zero-order chi connectivity index (χ0) is 13.9. The van der Waals surface area contributed by atoms with Crippen molar-refractivity contribution < 1.29 is 14.6 Å². The van der Waals surface area contributed by atoms with Gasteiger partial charge in [0.2, 0.25) is 0 Å². The van der Waals surface area contributed by atoms with Crippen LogP contribution in [-0.2, 0) is 9.53 Å². The van der Waals surface area contributed by atoms with Crippen LogP contribution in [-0.4, -0.2) is 24.3 Å². The molecule has 0 aromatic rings. The molecule has 1 unspecified atom stereocenters. The largest absolute Gasteiger partial charge is 0.466 e. The number of hydrogen-bond donors (Lipinski definition) is 1. The molecule has 18 heavy (non-hydrogen) atoms. The van der Waals surface area contributed by atoms with Crippen molar-refractivity contribution in [3.05, 3.63) is 0 Å². The maximum absolute atomic E-state index is 12.0. The maximum atomic E-state index is 12.0. The van der Waals surface area contributed by atoms with E-state index in [1.165, 1.54) is 0 Å². The Kier molecular flexibility index (Phi) is 9.31. The van der Waals surface area contributed by atoms with Gasteiger partial charge in [-0.25, -0.2) is 0 Å². The molecule has 0 rings (SSSR count). The zero-order valence-electron chi connectivity index (χ0n) is 11.6. The van der Waals surface area contributed by atoms with Gasteiger partial charge in [0.15, 0.2) is 0 Å². The number of aliphatic hydroxyl groups excluding tert-OH is 1. The summed E-state index contributed by atoms with van der Waals surface area (Å²) in [6.07, 6.45) is 5.27. The van der Waals surface area contributed by atoms with Crippen LogP contribution in [0.2, 0.25) is 0 Å². The van der Waals surface area contributed by atoms with Gasteiger partial charge < -0.3 is 9.84 Å². The van der Waals surface area contributed by atoms with E-state index < -0.39 is 5.41 Å². The van der Waals surface area contributed by atoms with Gasteiger partial charge in [0.05, 0.1) is 24.5 Å². The molecule has 0 aliphatic heterocycles. The number of aliphatic hydroxyl groups is 1. The molecule has 0 saturated carbocycles. The summed E-state index contributed by atoms with van der Waals surface area (Å²) in [6, 6.07) is 2.06. The first kappa shape index (κ1) is 16.9. The lowest BCUT2D eigenvalue weighted by Gasteiger charge is -2.28. The van der Waals surface area contributed by atoms with Gasteiger partial charge in [0, 0.05) is 6.61 Å². The summed E-state index contributed by atoms with van der Waals surface area (Å²) >= 11 is 0. The average molecular weight is 255 g/mol. The van der Waals surface area contributed by atoms with Gasteiger partial charge in [-0.15, -0.1) is 0 Å². The second-order valence-electron chi connectivity index (χ2n) is 4.62.